The SMILES string of the molecule is C[C@@H](OCc1ccccc1)C(=O)NCc1ccc(-c2ccccc2F)o1. The van der Waals surface area contributed by atoms with Gasteiger partial charge in [-0.1, -0.05) is 42.5 Å². The van der Waals surface area contributed by atoms with Gasteiger partial charge in [0.05, 0.1) is 18.7 Å². The first-order chi connectivity index (χ1) is 12.6. The molecule has 1 atom stereocenters. The van der Waals surface area contributed by atoms with Gasteiger partial charge in [0, 0.05) is 0 Å². The van der Waals surface area contributed by atoms with E-state index in [0.29, 0.717) is 23.7 Å². The summed E-state index contributed by atoms with van der Waals surface area (Å²) in [7, 11) is 0. The molecule has 4 nitrogen and oxygen atoms in total. The van der Waals surface area contributed by atoms with Crippen LogP contribution in [0.5, 0.6) is 0 Å². The number of nitrogens with one attached hydrogen (secondary N) is 1. The van der Waals surface area contributed by atoms with Gasteiger partial charge in [-0.25, -0.2) is 4.39 Å². The molecule has 1 heterocycles. The van der Waals surface area contributed by atoms with Crippen LogP contribution in [0.3, 0.4) is 0 Å². The van der Waals surface area contributed by atoms with E-state index < -0.39 is 6.10 Å². The molecule has 134 valence electrons. The second kappa shape index (κ2) is 8.45. The summed E-state index contributed by atoms with van der Waals surface area (Å²) in [5, 5.41) is 2.76. The summed E-state index contributed by atoms with van der Waals surface area (Å²) in [6, 6.07) is 19.5. The Bertz CT molecular complexity index is 860. The second-order valence-corrected chi connectivity index (χ2v) is 5.90. The van der Waals surface area contributed by atoms with Crippen LogP contribution in [0.15, 0.2) is 71.1 Å². The molecule has 0 unspecified atom stereocenters. The number of rotatable bonds is 7. The molecule has 5 heteroatoms. The minimum atomic E-state index is -0.587. The molecule has 1 N–H and O–H groups in total. The summed E-state index contributed by atoms with van der Waals surface area (Å²) in [5.74, 6) is 0.401. The highest BCUT2D eigenvalue weighted by Gasteiger charge is 2.14. The first-order valence-electron chi connectivity index (χ1n) is 8.40. The highest BCUT2D eigenvalue weighted by atomic mass is 19.1. The van der Waals surface area contributed by atoms with Gasteiger partial charge in [-0.15, -0.1) is 0 Å². The van der Waals surface area contributed by atoms with Crippen LogP contribution in [0.25, 0.3) is 11.3 Å². The summed E-state index contributed by atoms with van der Waals surface area (Å²) in [6.07, 6.45) is -0.587. The Labute approximate surface area is 151 Å². The van der Waals surface area contributed by atoms with E-state index in [-0.39, 0.29) is 18.3 Å². The topological polar surface area (TPSA) is 51.5 Å². The summed E-state index contributed by atoms with van der Waals surface area (Å²) >= 11 is 0. The fourth-order valence-electron chi connectivity index (χ4n) is 2.47. The Kier molecular flexibility index (Phi) is 5.81. The Balaban J connectivity index is 1.51. The van der Waals surface area contributed by atoms with Gasteiger partial charge in [0.15, 0.2) is 0 Å². The zero-order chi connectivity index (χ0) is 18.4. The van der Waals surface area contributed by atoms with Crippen LogP contribution in [-0.4, -0.2) is 12.0 Å². The van der Waals surface area contributed by atoms with Crippen LogP contribution >= 0.6 is 0 Å². The molecule has 3 aromatic rings. The van der Waals surface area contributed by atoms with E-state index >= 15 is 0 Å². The van der Waals surface area contributed by atoms with E-state index in [4.69, 9.17) is 9.15 Å². The maximum atomic E-state index is 13.8. The Morgan fingerprint density at radius 2 is 1.81 bits per heavy atom. The van der Waals surface area contributed by atoms with Crippen molar-refractivity contribution >= 4 is 5.91 Å². The maximum absolute atomic E-state index is 13.8. The van der Waals surface area contributed by atoms with E-state index in [1.165, 1.54) is 6.07 Å². The van der Waals surface area contributed by atoms with Crippen LogP contribution in [0.2, 0.25) is 0 Å². The van der Waals surface area contributed by atoms with E-state index in [0.717, 1.165) is 5.56 Å². The molecule has 0 spiro atoms. The Morgan fingerprint density at radius 1 is 1.08 bits per heavy atom. The van der Waals surface area contributed by atoms with E-state index in [1.807, 2.05) is 30.3 Å². The lowest BCUT2D eigenvalue weighted by Gasteiger charge is -2.13. The molecule has 0 aliphatic heterocycles. The van der Waals surface area contributed by atoms with Crippen molar-refractivity contribution in [1.82, 2.24) is 5.32 Å². The van der Waals surface area contributed by atoms with E-state index in [9.17, 15) is 9.18 Å². The number of hydrogen-bond donors (Lipinski definition) is 1. The lowest BCUT2D eigenvalue weighted by molar-refractivity contribution is -0.132. The quantitative estimate of drug-likeness (QED) is 0.689. The summed E-state index contributed by atoms with van der Waals surface area (Å²) in [4.78, 5) is 12.1. The molecule has 0 aliphatic carbocycles. The van der Waals surface area contributed by atoms with Crippen molar-refractivity contribution in [1.29, 1.82) is 0 Å². The molecule has 0 fully saturated rings. The van der Waals surface area contributed by atoms with Crippen molar-refractivity contribution in [3.63, 3.8) is 0 Å². The normalized spacial score (nSPS) is 11.9. The number of amides is 1. The zero-order valence-corrected chi connectivity index (χ0v) is 14.4. The number of carbonyl (C=O) groups excluding carboxylic acids is 1. The first kappa shape index (κ1) is 17.9. The van der Waals surface area contributed by atoms with E-state index in [1.54, 1.807) is 37.3 Å². The number of carbonyl (C=O) groups is 1. The summed E-state index contributed by atoms with van der Waals surface area (Å²) in [6.45, 7) is 2.28. The smallest absolute Gasteiger partial charge is 0.249 e. The average Bonchev–Trinajstić information content (AvgIpc) is 3.14. The van der Waals surface area contributed by atoms with Gasteiger partial charge in [-0.3, -0.25) is 4.79 Å². The lowest BCUT2D eigenvalue weighted by atomic mass is 10.1. The summed E-state index contributed by atoms with van der Waals surface area (Å²) < 4.78 is 25.0. The number of benzene rings is 2. The van der Waals surface area contributed by atoms with Gasteiger partial charge < -0.3 is 14.5 Å². The predicted molar refractivity (Wildman–Crippen MR) is 96.6 cm³/mol. The van der Waals surface area contributed by atoms with E-state index in [2.05, 4.69) is 5.32 Å². The van der Waals surface area contributed by atoms with Crippen molar-refractivity contribution in [3.8, 4) is 11.3 Å². The largest absolute Gasteiger partial charge is 0.459 e. The third-order valence-electron chi connectivity index (χ3n) is 3.95. The Morgan fingerprint density at radius 3 is 2.58 bits per heavy atom. The van der Waals surface area contributed by atoms with Gasteiger partial charge in [0.1, 0.15) is 23.4 Å². The van der Waals surface area contributed by atoms with Crippen molar-refractivity contribution in [2.75, 3.05) is 0 Å². The molecule has 2 aromatic carbocycles. The van der Waals surface area contributed by atoms with Gasteiger partial charge >= 0.3 is 0 Å². The van der Waals surface area contributed by atoms with Crippen LogP contribution < -0.4 is 5.32 Å². The van der Waals surface area contributed by atoms with Gasteiger partial charge in [-0.2, -0.15) is 0 Å². The fraction of sp³-hybridized carbons (Fsp3) is 0.190. The second-order valence-electron chi connectivity index (χ2n) is 5.90. The van der Waals surface area contributed by atoms with Crippen molar-refractivity contribution < 1.29 is 18.3 Å². The maximum Gasteiger partial charge on any atom is 0.249 e. The van der Waals surface area contributed by atoms with Gasteiger partial charge in [-0.05, 0) is 36.8 Å². The van der Waals surface area contributed by atoms with Crippen LogP contribution in [-0.2, 0) is 22.7 Å². The minimum Gasteiger partial charge on any atom is -0.459 e. The van der Waals surface area contributed by atoms with Crippen LogP contribution in [0, 0.1) is 5.82 Å². The molecule has 3 rings (SSSR count). The molecule has 0 saturated heterocycles. The number of furan rings is 1. The van der Waals surface area contributed by atoms with Crippen molar-refractivity contribution in [2.24, 2.45) is 0 Å². The van der Waals surface area contributed by atoms with Crippen LogP contribution in [0.4, 0.5) is 4.39 Å². The molecule has 1 aromatic heterocycles. The van der Waals surface area contributed by atoms with Crippen molar-refractivity contribution in [2.45, 2.75) is 26.2 Å². The third kappa shape index (κ3) is 4.58. The highest BCUT2D eigenvalue weighted by molar-refractivity contribution is 5.80. The summed E-state index contributed by atoms with van der Waals surface area (Å²) in [5.41, 5.74) is 1.40. The monoisotopic (exact) mass is 353 g/mol. The number of halogens is 1. The van der Waals surface area contributed by atoms with Crippen LogP contribution in [0.1, 0.15) is 18.2 Å². The Hall–Kier alpha value is -2.92. The average molecular weight is 353 g/mol. The predicted octanol–water partition coefficient (Wildman–Crippen LogP) is 4.31. The molecule has 0 aliphatic rings. The third-order valence-corrected chi connectivity index (χ3v) is 3.95. The zero-order valence-electron chi connectivity index (χ0n) is 14.4. The lowest BCUT2D eigenvalue weighted by Crippen LogP contribution is -2.33. The molecule has 1 amide bonds. The van der Waals surface area contributed by atoms with Gasteiger partial charge in [0.2, 0.25) is 5.91 Å². The molecular weight excluding hydrogens is 333 g/mol. The minimum absolute atomic E-state index is 0.215. The standard InChI is InChI=1S/C21H20FNO3/c1-15(25-14-16-7-3-2-4-8-16)21(24)23-13-17-11-12-20(26-17)18-9-5-6-10-19(18)22/h2-12,15H,13-14H2,1H3,(H,23,24)/t15-/m1/s1. The molecular formula is C21H20FNO3. The molecule has 0 saturated carbocycles. The fourth-order valence-corrected chi connectivity index (χ4v) is 2.47. The molecule has 26 heavy (non-hydrogen) atoms. The first-order valence-corrected chi connectivity index (χ1v) is 8.40. The van der Waals surface area contributed by atoms with Crippen molar-refractivity contribution in [3.05, 3.63) is 83.9 Å². The van der Waals surface area contributed by atoms with Gasteiger partial charge in [0.25, 0.3) is 0 Å². The molecule has 0 radical (unpaired) electrons. The molecule has 0 bridgehead atoms. The number of hydrogen-bond acceptors (Lipinski definition) is 3. The highest BCUT2D eigenvalue weighted by Crippen LogP contribution is 2.24. The number of ether oxygens (including phenoxy) is 1.